The van der Waals surface area contributed by atoms with Crippen molar-refractivity contribution in [2.24, 2.45) is 16.3 Å². The van der Waals surface area contributed by atoms with Crippen LogP contribution in [-0.4, -0.2) is 37.2 Å². The highest BCUT2D eigenvalue weighted by molar-refractivity contribution is 6.13. The van der Waals surface area contributed by atoms with Gasteiger partial charge in [-0.05, 0) is 31.4 Å². The van der Waals surface area contributed by atoms with E-state index in [-0.39, 0.29) is 11.7 Å². The number of amidine groups is 1. The molecule has 0 bridgehead atoms. The Morgan fingerprint density at radius 1 is 1.38 bits per heavy atom. The Hall–Kier alpha value is -2.08. The van der Waals surface area contributed by atoms with E-state index in [0.29, 0.717) is 26.1 Å². The van der Waals surface area contributed by atoms with Gasteiger partial charge in [0.15, 0.2) is 5.84 Å². The molecule has 1 saturated heterocycles. The van der Waals surface area contributed by atoms with Crippen LogP contribution >= 0.6 is 0 Å². The molecule has 1 aromatic rings. The van der Waals surface area contributed by atoms with Gasteiger partial charge in [0.2, 0.25) is 5.91 Å². The van der Waals surface area contributed by atoms with Crippen molar-refractivity contribution in [3.63, 3.8) is 0 Å². The Labute approximate surface area is 124 Å². The monoisotopic (exact) mass is 291 g/mol. The number of hydrogen-bond acceptors (Lipinski definition) is 4. The average Bonchev–Trinajstić information content (AvgIpc) is 2.53. The van der Waals surface area contributed by atoms with E-state index < -0.39 is 5.41 Å². The van der Waals surface area contributed by atoms with Crippen molar-refractivity contribution in [1.29, 1.82) is 0 Å². The van der Waals surface area contributed by atoms with E-state index in [4.69, 9.17) is 15.7 Å². The average molecular weight is 291 g/mol. The normalized spacial score (nSPS) is 18.3. The Morgan fingerprint density at radius 2 is 2.00 bits per heavy atom. The summed E-state index contributed by atoms with van der Waals surface area (Å²) in [5.41, 5.74) is 6.65. The Balaban J connectivity index is 2.37. The fraction of sp³-hybridized carbons (Fsp3) is 0.467. The first-order chi connectivity index (χ1) is 10.0. The molecule has 0 radical (unpaired) electrons. The molecule has 1 aliphatic heterocycles. The fourth-order valence-electron chi connectivity index (χ4n) is 2.77. The van der Waals surface area contributed by atoms with Gasteiger partial charge in [-0.15, -0.1) is 0 Å². The zero-order chi connectivity index (χ0) is 15.5. The van der Waals surface area contributed by atoms with Crippen LogP contribution in [0.3, 0.4) is 0 Å². The first-order valence-corrected chi connectivity index (χ1v) is 6.92. The maximum absolute atomic E-state index is 13.0. The van der Waals surface area contributed by atoms with Crippen molar-refractivity contribution >= 4 is 17.4 Å². The second-order valence-electron chi connectivity index (χ2n) is 5.33. The first kappa shape index (κ1) is 15.3. The number of benzene rings is 1. The van der Waals surface area contributed by atoms with Gasteiger partial charge in [0.25, 0.3) is 0 Å². The number of para-hydroxylation sites is 1. The summed E-state index contributed by atoms with van der Waals surface area (Å²) in [6, 6.07) is 7.63. The van der Waals surface area contributed by atoms with E-state index in [0.717, 1.165) is 11.3 Å². The molecule has 1 aliphatic rings. The number of nitrogens with two attached hydrogens (primary N) is 1. The van der Waals surface area contributed by atoms with Gasteiger partial charge in [-0.2, -0.15) is 0 Å². The van der Waals surface area contributed by atoms with Gasteiger partial charge in [-0.25, -0.2) is 0 Å². The summed E-state index contributed by atoms with van der Waals surface area (Å²) in [7, 11) is 1.71. The summed E-state index contributed by atoms with van der Waals surface area (Å²) in [5.74, 6) is -0.216. The van der Waals surface area contributed by atoms with Gasteiger partial charge in [0, 0.05) is 25.9 Å². The van der Waals surface area contributed by atoms with Gasteiger partial charge < -0.3 is 20.6 Å². The van der Waals surface area contributed by atoms with Crippen LogP contribution in [0.1, 0.15) is 18.4 Å². The predicted molar refractivity (Wildman–Crippen MR) is 80.5 cm³/mol. The molecule has 0 aromatic heterocycles. The van der Waals surface area contributed by atoms with E-state index >= 15 is 0 Å². The van der Waals surface area contributed by atoms with Crippen molar-refractivity contribution in [3.8, 4) is 0 Å². The lowest BCUT2D eigenvalue weighted by atomic mass is 9.77. The van der Waals surface area contributed by atoms with E-state index in [9.17, 15) is 4.79 Å². The Morgan fingerprint density at radius 3 is 2.57 bits per heavy atom. The standard InChI is InChI=1S/C15H21N3O3/c1-11-5-3-4-6-12(11)18(2)14(19)15(13(16)17-20)7-9-21-10-8-15/h3-6,20H,7-10H2,1-2H3,(H2,16,17). The lowest BCUT2D eigenvalue weighted by Crippen LogP contribution is -2.53. The first-order valence-electron chi connectivity index (χ1n) is 6.92. The molecule has 0 atom stereocenters. The molecule has 0 saturated carbocycles. The smallest absolute Gasteiger partial charge is 0.240 e. The van der Waals surface area contributed by atoms with Gasteiger partial charge in [-0.1, -0.05) is 23.4 Å². The molecule has 0 aliphatic carbocycles. The van der Waals surface area contributed by atoms with Crippen LogP contribution < -0.4 is 10.6 Å². The minimum absolute atomic E-state index is 0.0452. The molecule has 2 rings (SSSR count). The molecular weight excluding hydrogens is 270 g/mol. The summed E-state index contributed by atoms with van der Waals surface area (Å²) in [6.07, 6.45) is 0.829. The highest BCUT2D eigenvalue weighted by Gasteiger charge is 2.46. The summed E-state index contributed by atoms with van der Waals surface area (Å²) in [6.45, 7) is 2.78. The van der Waals surface area contributed by atoms with Crippen molar-refractivity contribution in [3.05, 3.63) is 29.8 Å². The second kappa shape index (κ2) is 6.13. The molecule has 1 heterocycles. The van der Waals surface area contributed by atoms with E-state index in [1.807, 2.05) is 31.2 Å². The lowest BCUT2D eigenvalue weighted by Gasteiger charge is -2.37. The van der Waals surface area contributed by atoms with Crippen LogP contribution in [-0.2, 0) is 9.53 Å². The number of ether oxygens (including phenoxy) is 1. The zero-order valence-electron chi connectivity index (χ0n) is 12.4. The molecule has 1 fully saturated rings. The summed E-state index contributed by atoms with van der Waals surface area (Å²) in [4.78, 5) is 14.6. The van der Waals surface area contributed by atoms with Crippen LogP contribution in [0, 0.1) is 12.3 Å². The third kappa shape index (κ3) is 2.71. The summed E-state index contributed by atoms with van der Waals surface area (Å²) >= 11 is 0. The van der Waals surface area contributed by atoms with E-state index in [2.05, 4.69) is 5.16 Å². The minimum atomic E-state index is -0.996. The predicted octanol–water partition coefficient (Wildman–Crippen LogP) is 1.50. The van der Waals surface area contributed by atoms with Gasteiger partial charge >= 0.3 is 0 Å². The Kier molecular flexibility index (Phi) is 4.47. The summed E-state index contributed by atoms with van der Waals surface area (Å²) < 4.78 is 5.32. The number of carbonyl (C=O) groups excluding carboxylic acids is 1. The Bertz CT molecular complexity index is 551. The van der Waals surface area contributed by atoms with E-state index in [1.165, 1.54) is 0 Å². The van der Waals surface area contributed by atoms with Gasteiger partial charge in [0.05, 0.1) is 0 Å². The number of aryl methyl sites for hydroxylation is 1. The second-order valence-corrected chi connectivity index (χ2v) is 5.33. The molecule has 1 aromatic carbocycles. The number of oxime groups is 1. The number of hydrogen-bond donors (Lipinski definition) is 2. The van der Waals surface area contributed by atoms with Crippen molar-refractivity contribution in [2.75, 3.05) is 25.2 Å². The van der Waals surface area contributed by atoms with E-state index in [1.54, 1.807) is 11.9 Å². The molecule has 1 amide bonds. The molecule has 6 heteroatoms. The quantitative estimate of drug-likeness (QED) is 0.382. The molecule has 3 N–H and O–H groups in total. The van der Waals surface area contributed by atoms with Crippen LogP contribution in [0.25, 0.3) is 0 Å². The largest absolute Gasteiger partial charge is 0.409 e. The maximum Gasteiger partial charge on any atom is 0.240 e. The molecule has 0 spiro atoms. The van der Waals surface area contributed by atoms with Crippen molar-refractivity contribution in [1.82, 2.24) is 0 Å². The number of carbonyl (C=O) groups is 1. The highest BCUT2D eigenvalue weighted by atomic mass is 16.5. The van der Waals surface area contributed by atoms with Crippen LogP contribution in [0.15, 0.2) is 29.4 Å². The number of amides is 1. The number of anilines is 1. The maximum atomic E-state index is 13.0. The zero-order valence-corrected chi connectivity index (χ0v) is 12.4. The fourth-order valence-corrected chi connectivity index (χ4v) is 2.77. The van der Waals surface area contributed by atoms with Gasteiger partial charge in [0.1, 0.15) is 5.41 Å². The molecular formula is C15H21N3O3. The molecule has 0 unspecified atom stereocenters. The van der Waals surface area contributed by atoms with Crippen molar-refractivity contribution in [2.45, 2.75) is 19.8 Å². The van der Waals surface area contributed by atoms with Crippen LogP contribution in [0.4, 0.5) is 5.69 Å². The van der Waals surface area contributed by atoms with Gasteiger partial charge in [-0.3, -0.25) is 4.79 Å². The number of rotatable bonds is 3. The third-order valence-electron chi connectivity index (χ3n) is 4.14. The number of nitrogens with zero attached hydrogens (tertiary/aromatic N) is 2. The topological polar surface area (TPSA) is 88.2 Å². The van der Waals surface area contributed by atoms with Crippen LogP contribution in [0.5, 0.6) is 0 Å². The lowest BCUT2D eigenvalue weighted by molar-refractivity contribution is -0.128. The summed E-state index contributed by atoms with van der Waals surface area (Å²) in [5, 5.41) is 12.2. The minimum Gasteiger partial charge on any atom is -0.409 e. The van der Waals surface area contributed by atoms with Crippen LogP contribution in [0.2, 0.25) is 0 Å². The molecule has 114 valence electrons. The highest BCUT2D eigenvalue weighted by Crippen LogP contribution is 2.34. The SMILES string of the molecule is Cc1ccccc1N(C)C(=O)C1(C(N)=NO)CCOCC1. The molecule has 21 heavy (non-hydrogen) atoms. The third-order valence-corrected chi connectivity index (χ3v) is 4.14. The van der Waals surface area contributed by atoms with Crippen molar-refractivity contribution < 1.29 is 14.7 Å². The molecule has 6 nitrogen and oxygen atoms in total.